The Morgan fingerprint density at radius 3 is 2.30 bits per heavy atom. The zero-order chi connectivity index (χ0) is 32.0. The Bertz CT molecular complexity index is 1570. The summed E-state index contributed by atoms with van der Waals surface area (Å²) >= 11 is 0. The Morgan fingerprint density at radius 1 is 0.977 bits per heavy atom. The number of carbonyl (C=O) groups is 2. The van der Waals surface area contributed by atoms with Gasteiger partial charge in [0.15, 0.2) is 11.5 Å². The predicted molar refractivity (Wildman–Crippen MR) is 170 cm³/mol. The number of aryl methyl sites for hydroxylation is 1. The number of fused-ring (bicyclic) bond motifs is 3. The van der Waals surface area contributed by atoms with E-state index in [1.54, 1.807) is 32.4 Å². The van der Waals surface area contributed by atoms with E-state index in [-0.39, 0.29) is 34.6 Å². The number of methoxy groups -OCH3 is 3. The van der Waals surface area contributed by atoms with Gasteiger partial charge in [-0.3, -0.25) is 14.4 Å². The maximum Gasteiger partial charge on any atom is 0.242 e. The van der Waals surface area contributed by atoms with Gasteiger partial charge in [0.25, 0.3) is 0 Å². The summed E-state index contributed by atoms with van der Waals surface area (Å²) in [7, 11) is 4.65. The highest BCUT2D eigenvalue weighted by molar-refractivity contribution is 5.86. The lowest BCUT2D eigenvalue weighted by Crippen LogP contribution is -2.44. The molecule has 0 bridgehead atoms. The van der Waals surface area contributed by atoms with E-state index in [0.29, 0.717) is 54.2 Å². The molecule has 0 spiro atoms. The fourth-order valence-electron chi connectivity index (χ4n) is 5.63. The fourth-order valence-corrected chi connectivity index (χ4v) is 5.63. The van der Waals surface area contributed by atoms with Gasteiger partial charge in [-0.15, -0.1) is 0 Å². The number of anilines is 1. The second kappa shape index (κ2) is 14.2. The maximum atomic E-state index is 13.7. The lowest BCUT2D eigenvalue weighted by Gasteiger charge is -2.22. The largest absolute Gasteiger partial charge is 0.508 e. The average Bonchev–Trinajstić information content (AvgIpc) is 3.23. The number of carbonyl (C=O) groups excluding carboxylic acids is 2. The molecule has 0 heterocycles. The van der Waals surface area contributed by atoms with E-state index in [4.69, 9.17) is 14.2 Å². The van der Waals surface area contributed by atoms with E-state index < -0.39 is 12.1 Å². The molecule has 0 radical (unpaired) electrons. The Labute approximate surface area is 257 Å². The molecule has 0 saturated heterocycles. The number of amides is 2. The summed E-state index contributed by atoms with van der Waals surface area (Å²) < 4.78 is 17.1. The average molecular weight is 604 g/mol. The second-order valence-electron chi connectivity index (χ2n) is 11.2. The van der Waals surface area contributed by atoms with E-state index in [1.165, 1.54) is 20.1 Å². The van der Waals surface area contributed by atoms with Crippen molar-refractivity contribution in [2.45, 2.75) is 52.1 Å². The van der Waals surface area contributed by atoms with Crippen molar-refractivity contribution in [1.82, 2.24) is 10.6 Å². The monoisotopic (exact) mass is 603 g/mol. The van der Waals surface area contributed by atoms with Gasteiger partial charge in [0.05, 0.1) is 33.1 Å². The lowest BCUT2D eigenvalue weighted by atomic mass is 9.95. The molecule has 0 aromatic heterocycles. The number of hydrogen-bond donors (Lipinski definition) is 4. The Hall–Kier alpha value is -4.73. The van der Waals surface area contributed by atoms with Crippen LogP contribution in [0.15, 0.2) is 53.3 Å². The van der Waals surface area contributed by atoms with Crippen LogP contribution >= 0.6 is 0 Å². The van der Waals surface area contributed by atoms with E-state index in [2.05, 4.69) is 16.0 Å². The van der Waals surface area contributed by atoms with Crippen molar-refractivity contribution in [1.29, 1.82) is 0 Å². The van der Waals surface area contributed by atoms with Crippen LogP contribution in [0.5, 0.6) is 23.0 Å². The van der Waals surface area contributed by atoms with Gasteiger partial charge in [0, 0.05) is 19.0 Å². The Morgan fingerprint density at radius 2 is 1.68 bits per heavy atom. The van der Waals surface area contributed by atoms with Crippen LogP contribution in [0.3, 0.4) is 0 Å². The van der Waals surface area contributed by atoms with Crippen molar-refractivity contribution in [2.24, 2.45) is 5.92 Å². The second-order valence-corrected chi connectivity index (χ2v) is 11.2. The molecule has 4 rings (SSSR count). The van der Waals surface area contributed by atoms with Crippen molar-refractivity contribution in [3.8, 4) is 34.1 Å². The van der Waals surface area contributed by atoms with Crippen LogP contribution in [-0.2, 0) is 22.4 Å². The zero-order valence-electron chi connectivity index (χ0n) is 26.1. The molecule has 10 nitrogen and oxygen atoms in total. The molecule has 44 heavy (non-hydrogen) atoms. The molecule has 3 aromatic carbocycles. The highest BCUT2D eigenvalue weighted by Gasteiger charge is 2.30. The van der Waals surface area contributed by atoms with Crippen molar-refractivity contribution < 1.29 is 28.9 Å². The van der Waals surface area contributed by atoms with Crippen molar-refractivity contribution >= 4 is 17.5 Å². The first-order valence-electron chi connectivity index (χ1n) is 14.7. The fraction of sp³-hybridized carbons (Fsp3) is 0.382. The normalized spacial score (nSPS) is 14.4. The summed E-state index contributed by atoms with van der Waals surface area (Å²) in [6.07, 6.45) is 1.73. The molecule has 0 saturated carbocycles. The van der Waals surface area contributed by atoms with Gasteiger partial charge < -0.3 is 35.3 Å². The first-order chi connectivity index (χ1) is 21.1. The first kappa shape index (κ1) is 32.2. The summed E-state index contributed by atoms with van der Waals surface area (Å²) in [6, 6.07) is 12.7. The molecular formula is C34H41N3O7. The summed E-state index contributed by atoms with van der Waals surface area (Å²) in [5, 5.41) is 18.7. The van der Waals surface area contributed by atoms with Crippen LogP contribution < -0.4 is 35.6 Å². The molecule has 0 fully saturated rings. The van der Waals surface area contributed by atoms with Gasteiger partial charge in [-0.1, -0.05) is 32.0 Å². The Kier molecular flexibility index (Phi) is 10.4. The van der Waals surface area contributed by atoms with E-state index in [0.717, 1.165) is 16.7 Å². The van der Waals surface area contributed by atoms with E-state index >= 15 is 0 Å². The van der Waals surface area contributed by atoms with Gasteiger partial charge in [0.1, 0.15) is 11.8 Å². The van der Waals surface area contributed by atoms with Crippen LogP contribution in [-0.4, -0.2) is 50.8 Å². The van der Waals surface area contributed by atoms with Gasteiger partial charge in [-0.25, -0.2) is 0 Å². The summed E-state index contributed by atoms with van der Waals surface area (Å²) in [6.45, 7) is 5.67. The number of phenols is 1. The SMILES string of the molecule is COc1cc2c(c(OC)c1OC)-c1ccc(N[C@H](C(=O)NCCc3ccc(O)cc3)C(C)C)c(=O)cc1[C@@H](NC(C)=O)CC2. The van der Waals surface area contributed by atoms with Gasteiger partial charge in [-0.2, -0.15) is 0 Å². The molecule has 3 aromatic rings. The Balaban J connectivity index is 1.73. The molecular weight excluding hydrogens is 562 g/mol. The topological polar surface area (TPSA) is 135 Å². The molecule has 2 amide bonds. The summed E-state index contributed by atoms with van der Waals surface area (Å²) in [4.78, 5) is 39.2. The number of hydrogen-bond acceptors (Lipinski definition) is 8. The van der Waals surface area contributed by atoms with Crippen LogP contribution in [0.25, 0.3) is 11.1 Å². The van der Waals surface area contributed by atoms with E-state index in [9.17, 15) is 19.5 Å². The quantitative estimate of drug-likeness (QED) is 0.254. The smallest absolute Gasteiger partial charge is 0.242 e. The lowest BCUT2D eigenvalue weighted by molar-refractivity contribution is -0.122. The van der Waals surface area contributed by atoms with Crippen LogP contribution in [0, 0.1) is 5.92 Å². The van der Waals surface area contributed by atoms with Crippen molar-refractivity contribution in [3.63, 3.8) is 0 Å². The third kappa shape index (κ3) is 7.07. The molecule has 0 unspecified atom stereocenters. The van der Waals surface area contributed by atoms with E-state index in [1.807, 2.05) is 38.1 Å². The van der Waals surface area contributed by atoms with Gasteiger partial charge in [0.2, 0.25) is 23.0 Å². The minimum absolute atomic E-state index is 0.129. The molecule has 2 atom stereocenters. The summed E-state index contributed by atoms with van der Waals surface area (Å²) in [5.74, 6) is 1.03. The van der Waals surface area contributed by atoms with Crippen molar-refractivity contribution in [2.75, 3.05) is 33.2 Å². The number of nitrogens with one attached hydrogen (secondary N) is 3. The number of rotatable bonds is 11. The molecule has 0 aliphatic heterocycles. The molecule has 1 aliphatic carbocycles. The standard InChI is InChI=1S/C34H41N3O7/c1-19(2)31(34(41)35-16-15-21-7-10-23(39)11-8-21)37-27-14-12-24-25(18-28(27)40)26(36-20(3)38)13-9-22-17-29(42-4)32(43-5)33(44-6)30(22)24/h7-8,10-12,14,17-19,26,31,39H,9,13,15-16H2,1-6H3,(H,35,41)(H,36,38)(H,37,40)/t26-,31-/m0/s1. The third-order valence-electron chi connectivity index (χ3n) is 7.83. The number of benzene rings is 2. The molecule has 10 heteroatoms. The number of phenolic OH excluding ortho intramolecular Hbond substituents is 1. The van der Waals surface area contributed by atoms with Crippen LogP contribution in [0.1, 0.15) is 49.9 Å². The first-order valence-corrected chi connectivity index (χ1v) is 14.7. The van der Waals surface area contributed by atoms with Gasteiger partial charge in [-0.05, 0) is 77.8 Å². The number of aromatic hydroxyl groups is 1. The minimum atomic E-state index is -0.679. The maximum absolute atomic E-state index is 13.7. The zero-order valence-corrected chi connectivity index (χ0v) is 26.1. The molecule has 234 valence electrons. The van der Waals surface area contributed by atoms with Crippen LogP contribution in [0.2, 0.25) is 0 Å². The number of ether oxygens (including phenoxy) is 3. The third-order valence-corrected chi connectivity index (χ3v) is 7.83. The summed E-state index contributed by atoms with van der Waals surface area (Å²) in [5.41, 5.74) is 3.95. The highest BCUT2D eigenvalue weighted by Crippen LogP contribution is 2.50. The predicted octanol–water partition coefficient (Wildman–Crippen LogP) is 4.36. The molecule has 4 N–H and O–H groups in total. The van der Waals surface area contributed by atoms with Crippen molar-refractivity contribution in [3.05, 3.63) is 75.4 Å². The minimum Gasteiger partial charge on any atom is -0.508 e. The molecule has 1 aliphatic rings. The van der Waals surface area contributed by atoms with Crippen LogP contribution in [0.4, 0.5) is 5.69 Å². The highest BCUT2D eigenvalue weighted by atomic mass is 16.5. The van der Waals surface area contributed by atoms with Gasteiger partial charge >= 0.3 is 0 Å².